The van der Waals surface area contributed by atoms with Gasteiger partial charge in [0, 0.05) is 48.8 Å². The third kappa shape index (κ3) is 4.31. The fraction of sp³-hybridized carbons (Fsp3) is 0.238. The fourth-order valence-electron chi connectivity index (χ4n) is 3.24. The zero-order valence-corrected chi connectivity index (χ0v) is 16.0. The number of nitrogens with zero attached hydrogens (tertiary/aromatic N) is 4. The second-order valence-corrected chi connectivity index (χ2v) is 7.12. The van der Waals surface area contributed by atoms with Crippen molar-refractivity contribution in [1.29, 1.82) is 0 Å². The summed E-state index contributed by atoms with van der Waals surface area (Å²) in [7, 11) is 0. The van der Waals surface area contributed by atoms with Crippen molar-refractivity contribution in [3.8, 4) is 0 Å². The second-order valence-electron chi connectivity index (χ2n) is 6.69. The maximum Gasteiger partial charge on any atom is 0.227 e. The Labute approximate surface area is 164 Å². The van der Waals surface area contributed by atoms with E-state index < -0.39 is 0 Å². The van der Waals surface area contributed by atoms with Crippen LogP contribution in [-0.4, -0.2) is 36.1 Å². The van der Waals surface area contributed by atoms with Crippen molar-refractivity contribution in [2.75, 3.05) is 41.3 Å². The summed E-state index contributed by atoms with van der Waals surface area (Å²) in [6.45, 7) is 5.85. The second kappa shape index (κ2) is 7.84. The van der Waals surface area contributed by atoms with Crippen LogP contribution >= 0.6 is 11.6 Å². The summed E-state index contributed by atoms with van der Waals surface area (Å²) in [6, 6.07) is 18.1. The molecule has 5 nitrogen and oxygen atoms in total. The van der Waals surface area contributed by atoms with Gasteiger partial charge in [-0.15, -0.1) is 0 Å². The number of hydrogen-bond donors (Lipinski definition) is 1. The first-order chi connectivity index (χ1) is 13.2. The van der Waals surface area contributed by atoms with Crippen LogP contribution in [-0.2, 0) is 0 Å². The molecule has 1 aromatic heterocycles. The summed E-state index contributed by atoms with van der Waals surface area (Å²) in [5.41, 5.74) is 3.53. The number of aryl methyl sites for hydroxylation is 1. The minimum absolute atomic E-state index is 0.718. The van der Waals surface area contributed by atoms with Gasteiger partial charge in [0.15, 0.2) is 0 Å². The summed E-state index contributed by atoms with van der Waals surface area (Å²) in [5, 5.41) is 4.02. The summed E-state index contributed by atoms with van der Waals surface area (Å²) in [5.74, 6) is 1.54. The number of benzene rings is 2. The lowest BCUT2D eigenvalue weighted by molar-refractivity contribution is 0.640. The van der Waals surface area contributed by atoms with Crippen molar-refractivity contribution in [3.05, 3.63) is 71.4 Å². The standard InChI is InChI=1S/C21H22ClN5/c1-16-3-2-4-19(15-16)26-11-13-27(14-12-26)21-23-10-9-20(25-21)24-18-7-5-17(22)6-8-18/h2-10,15H,11-14H2,1H3,(H,23,24,25). The lowest BCUT2D eigenvalue weighted by Gasteiger charge is -2.36. The first-order valence-electron chi connectivity index (χ1n) is 9.09. The summed E-state index contributed by atoms with van der Waals surface area (Å²) in [6.07, 6.45) is 1.80. The predicted molar refractivity (Wildman–Crippen MR) is 112 cm³/mol. The van der Waals surface area contributed by atoms with Crippen molar-refractivity contribution >= 4 is 34.7 Å². The lowest BCUT2D eigenvalue weighted by atomic mass is 10.2. The highest BCUT2D eigenvalue weighted by Gasteiger charge is 2.19. The van der Waals surface area contributed by atoms with Gasteiger partial charge in [-0.2, -0.15) is 4.98 Å². The molecule has 0 amide bonds. The number of halogens is 1. The lowest BCUT2D eigenvalue weighted by Crippen LogP contribution is -2.47. The number of rotatable bonds is 4. The first kappa shape index (κ1) is 17.6. The van der Waals surface area contributed by atoms with E-state index in [0.29, 0.717) is 0 Å². The topological polar surface area (TPSA) is 44.3 Å². The van der Waals surface area contributed by atoms with Gasteiger partial charge in [0.25, 0.3) is 0 Å². The van der Waals surface area contributed by atoms with E-state index in [4.69, 9.17) is 11.6 Å². The molecule has 1 aliphatic rings. The van der Waals surface area contributed by atoms with E-state index in [1.165, 1.54) is 11.3 Å². The van der Waals surface area contributed by atoms with Crippen LogP contribution < -0.4 is 15.1 Å². The predicted octanol–water partition coefficient (Wildman–Crippen LogP) is 4.51. The molecule has 3 aromatic rings. The Balaban J connectivity index is 1.42. The maximum atomic E-state index is 5.94. The summed E-state index contributed by atoms with van der Waals surface area (Å²) < 4.78 is 0. The van der Waals surface area contributed by atoms with Gasteiger partial charge in [-0.25, -0.2) is 4.98 Å². The van der Waals surface area contributed by atoms with Crippen LogP contribution in [0, 0.1) is 6.92 Å². The quantitative estimate of drug-likeness (QED) is 0.722. The van der Waals surface area contributed by atoms with Crippen LogP contribution in [0.25, 0.3) is 0 Å². The Morgan fingerprint density at radius 2 is 1.67 bits per heavy atom. The van der Waals surface area contributed by atoms with Gasteiger partial charge < -0.3 is 15.1 Å². The maximum absolute atomic E-state index is 5.94. The van der Waals surface area contributed by atoms with Gasteiger partial charge in [-0.3, -0.25) is 0 Å². The molecule has 0 radical (unpaired) electrons. The van der Waals surface area contributed by atoms with Gasteiger partial charge in [-0.1, -0.05) is 23.7 Å². The number of anilines is 4. The molecular formula is C21H22ClN5. The molecule has 0 bridgehead atoms. The first-order valence-corrected chi connectivity index (χ1v) is 9.47. The molecule has 1 saturated heterocycles. The molecule has 0 spiro atoms. The normalized spacial score (nSPS) is 14.3. The minimum Gasteiger partial charge on any atom is -0.368 e. The monoisotopic (exact) mass is 379 g/mol. The molecule has 4 rings (SSSR count). The van der Waals surface area contributed by atoms with Crippen molar-refractivity contribution in [2.45, 2.75) is 6.92 Å². The van der Waals surface area contributed by atoms with E-state index in [1.807, 2.05) is 30.3 Å². The minimum atomic E-state index is 0.718. The van der Waals surface area contributed by atoms with Gasteiger partial charge in [0.05, 0.1) is 0 Å². The Kier molecular flexibility index (Phi) is 5.12. The molecule has 138 valence electrons. The molecule has 0 aliphatic carbocycles. The Morgan fingerprint density at radius 1 is 0.926 bits per heavy atom. The highest BCUT2D eigenvalue weighted by molar-refractivity contribution is 6.30. The van der Waals surface area contributed by atoms with E-state index in [0.717, 1.165) is 48.7 Å². The van der Waals surface area contributed by atoms with E-state index in [1.54, 1.807) is 6.20 Å². The van der Waals surface area contributed by atoms with E-state index in [9.17, 15) is 0 Å². The highest BCUT2D eigenvalue weighted by atomic mass is 35.5. The largest absolute Gasteiger partial charge is 0.368 e. The number of piperazine rings is 1. The third-order valence-electron chi connectivity index (χ3n) is 4.69. The van der Waals surface area contributed by atoms with Crippen LogP contribution in [0.4, 0.5) is 23.1 Å². The van der Waals surface area contributed by atoms with Crippen molar-refractivity contribution in [3.63, 3.8) is 0 Å². The zero-order chi connectivity index (χ0) is 18.6. The molecule has 0 saturated carbocycles. The van der Waals surface area contributed by atoms with Gasteiger partial charge >= 0.3 is 0 Å². The molecule has 1 aliphatic heterocycles. The number of nitrogens with one attached hydrogen (secondary N) is 1. The van der Waals surface area contributed by atoms with Gasteiger partial charge in [-0.05, 0) is 55.0 Å². The Hall–Kier alpha value is -2.79. The molecule has 6 heteroatoms. The number of hydrogen-bond acceptors (Lipinski definition) is 5. The van der Waals surface area contributed by atoms with Crippen LogP contribution in [0.2, 0.25) is 5.02 Å². The molecule has 1 N–H and O–H groups in total. The molecular weight excluding hydrogens is 358 g/mol. The van der Waals surface area contributed by atoms with Gasteiger partial charge in [0.1, 0.15) is 5.82 Å². The van der Waals surface area contributed by atoms with Gasteiger partial charge in [0.2, 0.25) is 5.95 Å². The van der Waals surface area contributed by atoms with Crippen molar-refractivity contribution in [1.82, 2.24) is 9.97 Å². The average molecular weight is 380 g/mol. The molecule has 27 heavy (non-hydrogen) atoms. The molecule has 0 unspecified atom stereocenters. The Morgan fingerprint density at radius 3 is 2.41 bits per heavy atom. The molecule has 0 atom stereocenters. The summed E-state index contributed by atoms with van der Waals surface area (Å²) >= 11 is 5.94. The SMILES string of the molecule is Cc1cccc(N2CCN(c3nccc(Nc4ccc(Cl)cc4)n3)CC2)c1. The van der Waals surface area contributed by atoms with Crippen molar-refractivity contribution in [2.24, 2.45) is 0 Å². The average Bonchev–Trinajstić information content (AvgIpc) is 2.70. The molecule has 2 aromatic carbocycles. The zero-order valence-electron chi connectivity index (χ0n) is 15.3. The molecule has 2 heterocycles. The smallest absolute Gasteiger partial charge is 0.227 e. The highest BCUT2D eigenvalue weighted by Crippen LogP contribution is 2.21. The van der Waals surface area contributed by atoms with E-state index in [-0.39, 0.29) is 0 Å². The third-order valence-corrected chi connectivity index (χ3v) is 4.94. The van der Waals surface area contributed by atoms with E-state index >= 15 is 0 Å². The van der Waals surface area contributed by atoms with Crippen LogP contribution in [0.15, 0.2) is 60.8 Å². The summed E-state index contributed by atoms with van der Waals surface area (Å²) in [4.78, 5) is 13.8. The molecule has 1 fully saturated rings. The van der Waals surface area contributed by atoms with E-state index in [2.05, 4.69) is 56.3 Å². The Bertz CT molecular complexity index is 904. The van der Waals surface area contributed by atoms with Crippen LogP contribution in [0.1, 0.15) is 5.56 Å². The van der Waals surface area contributed by atoms with Crippen LogP contribution in [0.5, 0.6) is 0 Å². The van der Waals surface area contributed by atoms with Crippen LogP contribution in [0.3, 0.4) is 0 Å². The van der Waals surface area contributed by atoms with Crippen molar-refractivity contribution < 1.29 is 0 Å². The fourth-order valence-corrected chi connectivity index (χ4v) is 3.37. The number of aromatic nitrogens is 2.